The van der Waals surface area contributed by atoms with Gasteiger partial charge in [0.15, 0.2) is 15.0 Å². The lowest BCUT2D eigenvalue weighted by Gasteiger charge is -2.17. The van der Waals surface area contributed by atoms with Crippen molar-refractivity contribution in [2.75, 3.05) is 29.5 Å². The molecule has 0 amide bonds. The molecule has 1 N–H and O–H groups in total. The number of thiazole rings is 1. The van der Waals surface area contributed by atoms with Gasteiger partial charge in [0.25, 0.3) is 0 Å². The minimum atomic E-state index is -2.97. The molecule has 0 aromatic carbocycles. The van der Waals surface area contributed by atoms with Crippen molar-refractivity contribution >= 4 is 32.3 Å². The van der Waals surface area contributed by atoms with E-state index in [1.54, 1.807) is 0 Å². The first-order valence-corrected chi connectivity index (χ1v) is 8.75. The molecule has 1 aromatic heterocycles. The van der Waals surface area contributed by atoms with E-state index in [0.717, 1.165) is 11.3 Å². The number of aromatic nitrogens is 1. The third-order valence-corrected chi connectivity index (χ3v) is 5.90. The van der Waals surface area contributed by atoms with Gasteiger partial charge in [-0.05, 0) is 12.8 Å². The molecule has 0 spiro atoms. The maximum absolute atomic E-state index is 11.5. The number of aromatic carboxylic acids is 1. The largest absolute Gasteiger partial charge is 0.477 e. The van der Waals surface area contributed by atoms with Gasteiger partial charge in [-0.2, -0.15) is 0 Å². The first-order valence-electron chi connectivity index (χ1n) is 6.11. The van der Waals surface area contributed by atoms with E-state index in [-0.39, 0.29) is 16.4 Å². The first kappa shape index (κ1) is 14.3. The van der Waals surface area contributed by atoms with Gasteiger partial charge in [0, 0.05) is 13.1 Å². The smallest absolute Gasteiger partial charge is 0.347 e. The van der Waals surface area contributed by atoms with Crippen LogP contribution < -0.4 is 4.90 Å². The van der Waals surface area contributed by atoms with Crippen LogP contribution in [0.4, 0.5) is 5.13 Å². The molecule has 1 saturated heterocycles. The van der Waals surface area contributed by atoms with Gasteiger partial charge in [-0.25, -0.2) is 18.2 Å². The van der Waals surface area contributed by atoms with Crippen molar-refractivity contribution in [1.29, 1.82) is 0 Å². The van der Waals surface area contributed by atoms with Crippen LogP contribution >= 0.6 is 11.3 Å². The van der Waals surface area contributed by atoms with E-state index in [2.05, 4.69) is 4.98 Å². The Balaban J connectivity index is 2.24. The Morgan fingerprint density at radius 3 is 2.74 bits per heavy atom. The van der Waals surface area contributed by atoms with Crippen LogP contribution in [0.3, 0.4) is 0 Å². The summed E-state index contributed by atoms with van der Waals surface area (Å²) in [5, 5.41) is 9.72. The number of hydrogen-bond acceptors (Lipinski definition) is 6. The maximum atomic E-state index is 11.5. The predicted molar refractivity (Wildman–Crippen MR) is 73.9 cm³/mol. The molecule has 2 heterocycles. The average Bonchev–Trinajstić information content (AvgIpc) is 2.69. The molecule has 0 atom stereocenters. The van der Waals surface area contributed by atoms with Crippen LogP contribution in [0.15, 0.2) is 0 Å². The predicted octanol–water partition coefficient (Wildman–Crippen LogP) is 1.03. The van der Waals surface area contributed by atoms with E-state index >= 15 is 0 Å². The van der Waals surface area contributed by atoms with Crippen LogP contribution in [0.25, 0.3) is 0 Å². The Kier molecular flexibility index (Phi) is 4.10. The molecule has 2 rings (SSSR count). The third kappa shape index (κ3) is 3.24. The van der Waals surface area contributed by atoms with E-state index in [0.29, 0.717) is 36.8 Å². The van der Waals surface area contributed by atoms with Gasteiger partial charge in [-0.15, -0.1) is 0 Å². The number of anilines is 1. The Bertz CT molecular complexity index is 580. The minimum Gasteiger partial charge on any atom is -0.477 e. The standard InChI is InChI=1S/C11H16N2O4S2/c1-2-8-9(10(14)15)18-11(12-8)13-4-3-6-19(16,17)7-5-13/h2-7H2,1H3,(H,14,15). The Morgan fingerprint density at radius 1 is 1.42 bits per heavy atom. The Labute approximate surface area is 116 Å². The highest BCUT2D eigenvalue weighted by molar-refractivity contribution is 7.91. The van der Waals surface area contributed by atoms with Gasteiger partial charge >= 0.3 is 5.97 Å². The van der Waals surface area contributed by atoms with Crippen molar-refractivity contribution in [3.8, 4) is 0 Å². The second kappa shape index (κ2) is 5.46. The van der Waals surface area contributed by atoms with Crippen LogP contribution in [0.1, 0.15) is 28.7 Å². The number of sulfone groups is 1. The number of rotatable bonds is 3. The molecule has 1 aromatic rings. The monoisotopic (exact) mass is 304 g/mol. The molecule has 0 radical (unpaired) electrons. The van der Waals surface area contributed by atoms with E-state index < -0.39 is 15.8 Å². The average molecular weight is 304 g/mol. The van der Waals surface area contributed by atoms with E-state index in [1.165, 1.54) is 0 Å². The van der Waals surface area contributed by atoms with Gasteiger partial charge < -0.3 is 10.0 Å². The number of carbonyl (C=O) groups is 1. The van der Waals surface area contributed by atoms with Gasteiger partial charge in [-0.3, -0.25) is 0 Å². The van der Waals surface area contributed by atoms with Gasteiger partial charge in [0.05, 0.1) is 17.2 Å². The molecule has 8 heteroatoms. The number of carboxylic acids is 1. The fourth-order valence-corrected chi connectivity index (χ4v) is 4.33. The fraction of sp³-hybridized carbons (Fsp3) is 0.636. The van der Waals surface area contributed by atoms with Gasteiger partial charge in [0.1, 0.15) is 4.88 Å². The van der Waals surface area contributed by atoms with Crippen LogP contribution in [-0.4, -0.2) is 49.1 Å². The molecule has 0 bridgehead atoms. The quantitative estimate of drug-likeness (QED) is 0.897. The third-order valence-electron chi connectivity index (χ3n) is 3.04. The number of hydrogen-bond donors (Lipinski definition) is 1. The molecule has 106 valence electrons. The van der Waals surface area contributed by atoms with Crippen molar-refractivity contribution in [2.24, 2.45) is 0 Å². The van der Waals surface area contributed by atoms with Crippen molar-refractivity contribution in [3.63, 3.8) is 0 Å². The maximum Gasteiger partial charge on any atom is 0.347 e. The number of nitrogens with zero attached hydrogens (tertiary/aromatic N) is 2. The molecule has 0 saturated carbocycles. The molecule has 1 aliphatic rings. The fourth-order valence-electron chi connectivity index (χ4n) is 2.01. The Morgan fingerprint density at radius 2 is 2.16 bits per heavy atom. The highest BCUT2D eigenvalue weighted by Gasteiger charge is 2.23. The minimum absolute atomic E-state index is 0.108. The summed E-state index contributed by atoms with van der Waals surface area (Å²) in [6, 6.07) is 0. The molecule has 19 heavy (non-hydrogen) atoms. The first-order chi connectivity index (χ1) is 8.93. The summed E-state index contributed by atoms with van der Waals surface area (Å²) in [4.78, 5) is 17.6. The lowest BCUT2D eigenvalue weighted by molar-refractivity contribution is 0.0701. The molecular formula is C11H16N2O4S2. The summed E-state index contributed by atoms with van der Waals surface area (Å²) in [5.74, 6) is -0.666. The summed E-state index contributed by atoms with van der Waals surface area (Å²) in [7, 11) is -2.97. The normalized spacial score (nSPS) is 19.1. The van der Waals surface area contributed by atoms with Crippen molar-refractivity contribution in [1.82, 2.24) is 4.98 Å². The summed E-state index contributed by atoms with van der Waals surface area (Å²) in [5.41, 5.74) is 0.569. The van der Waals surface area contributed by atoms with Crippen molar-refractivity contribution in [2.45, 2.75) is 19.8 Å². The zero-order valence-electron chi connectivity index (χ0n) is 10.6. The molecule has 1 aliphatic heterocycles. The zero-order chi connectivity index (χ0) is 14.0. The topological polar surface area (TPSA) is 87.6 Å². The molecule has 1 fully saturated rings. The van der Waals surface area contributed by atoms with E-state index in [1.807, 2.05) is 11.8 Å². The van der Waals surface area contributed by atoms with Gasteiger partial charge in [-0.1, -0.05) is 18.3 Å². The summed E-state index contributed by atoms with van der Waals surface area (Å²) >= 11 is 1.13. The molecule has 0 unspecified atom stereocenters. The SMILES string of the molecule is CCc1nc(N2CCCS(=O)(=O)CC2)sc1C(=O)O. The molecule has 0 aliphatic carbocycles. The van der Waals surface area contributed by atoms with Crippen molar-refractivity contribution < 1.29 is 18.3 Å². The number of carboxylic acid groups (broad SMARTS) is 1. The molecular weight excluding hydrogens is 288 g/mol. The Hall–Kier alpha value is -1.15. The highest BCUT2D eigenvalue weighted by atomic mass is 32.2. The van der Waals surface area contributed by atoms with Gasteiger partial charge in [0.2, 0.25) is 0 Å². The highest BCUT2D eigenvalue weighted by Crippen LogP contribution is 2.27. The number of aryl methyl sites for hydroxylation is 1. The lowest BCUT2D eigenvalue weighted by atomic mass is 10.3. The summed E-state index contributed by atoms with van der Waals surface area (Å²) < 4.78 is 23.1. The van der Waals surface area contributed by atoms with E-state index in [9.17, 15) is 13.2 Å². The second-order valence-corrected chi connectivity index (χ2v) is 7.70. The lowest BCUT2D eigenvalue weighted by Crippen LogP contribution is -2.26. The zero-order valence-corrected chi connectivity index (χ0v) is 12.3. The van der Waals surface area contributed by atoms with Crippen molar-refractivity contribution in [3.05, 3.63) is 10.6 Å². The summed E-state index contributed by atoms with van der Waals surface area (Å²) in [6.07, 6.45) is 1.12. The molecule has 6 nitrogen and oxygen atoms in total. The van der Waals surface area contributed by atoms with Crippen LogP contribution in [0.2, 0.25) is 0 Å². The van der Waals surface area contributed by atoms with E-state index in [4.69, 9.17) is 5.11 Å². The second-order valence-electron chi connectivity index (χ2n) is 4.42. The van der Waals surface area contributed by atoms with Crippen LogP contribution in [-0.2, 0) is 16.3 Å². The summed E-state index contributed by atoms with van der Waals surface area (Å²) in [6.45, 7) is 2.85. The van der Waals surface area contributed by atoms with Crippen LogP contribution in [0, 0.1) is 0 Å². The van der Waals surface area contributed by atoms with Crippen LogP contribution in [0.5, 0.6) is 0 Å².